The zero-order valence-electron chi connectivity index (χ0n) is 7.56. The van der Waals surface area contributed by atoms with E-state index in [1.54, 1.807) is 13.8 Å². The summed E-state index contributed by atoms with van der Waals surface area (Å²) in [7, 11) is 0. The number of anilines is 1. The number of hydrogen-bond acceptors (Lipinski definition) is 2. The van der Waals surface area contributed by atoms with Crippen molar-refractivity contribution >= 4 is 17.3 Å². The summed E-state index contributed by atoms with van der Waals surface area (Å²) < 4.78 is 38.2. The maximum atomic E-state index is 12.5. The summed E-state index contributed by atoms with van der Waals surface area (Å²) in [5.41, 5.74) is 3.68. The molecule has 0 aromatic carbocycles. The summed E-state index contributed by atoms with van der Waals surface area (Å²) in [6.07, 6.45) is -4.53. The largest absolute Gasteiger partial charge is 0.435 e. The maximum absolute atomic E-state index is 12.5. The van der Waals surface area contributed by atoms with Gasteiger partial charge < -0.3 is 5.73 Å². The molecule has 80 valence electrons. The fraction of sp³-hybridized carbons (Fsp3) is 0.571. The van der Waals surface area contributed by atoms with Crippen molar-refractivity contribution in [1.82, 2.24) is 9.78 Å². The van der Waals surface area contributed by atoms with Crippen molar-refractivity contribution < 1.29 is 13.2 Å². The Balaban J connectivity index is 3.38. The van der Waals surface area contributed by atoms with E-state index in [1.165, 1.54) is 0 Å². The van der Waals surface area contributed by atoms with Crippen LogP contribution in [0.2, 0.25) is 5.15 Å². The number of nitrogens with zero attached hydrogens (tertiary/aromatic N) is 2. The molecule has 1 aromatic rings. The lowest BCUT2D eigenvalue weighted by Gasteiger charge is -2.13. The first kappa shape index (κ1) is 11.2. The molecule has 0 bridgehead atoms. The van der Waals surface area contributed by atoms with Crippen molar-refractivity contribution in [3.8, 4) is 0 Å². The molecule has 0 saturated carbocycles. The molecule has 0 unspecified atom stereocenters. The highest BCUT2D eigenvalue weighted by Gasteiger charge is 2.39. The molecular weight excluding hydrogens is 219 g/mol. The fourth-order valence-corrected chi connectivity index (χ4v) is 1.25. The second-order valence-corrected chi connectivity index (χ2v) is 3.45. The van der Waals surface area contributed by atoms with E-state index in [0.717, 1.165) is 4.68 Å². The van der Waals surface area contributed by atoms with Gasteiger partial charge in [0, 0.05) is 6.04 Å². The third-order valence-electron chi connectivity index (χ3n) is 1.66. The van der Waals surface area contributed by atoms with E-state index < -0.39 is 23.6 Å². The topological polar surface area (TPSA) is 43.8 Å². The predicted octanol–water partition coefficient (Wildman–Crippen LogP) is 2.72. The fourth-order valence-electron chi connectivity index (χ4n) is 1.08. The number of hydrogen-bond donors (Lipinski definition) is 1. The molecule has 7 heteroatoms. The van der Waals surface area contributed by atoms with E-state index in [1.807, 2.05) is 0 Å². The predicted molar refractivity (Wildman–Crippen MR) is 47.0 cm³/mol. The molecule has 0 fully saturated rings. The number of rotatable bonds is 1. The minimum absolute atomic E-state index is 0.314. The zero-order valence-corrected chi connectivity index (χ0v) is 8.32. The third kappa shape index (κ3) is 1.79. The summed E-state index contributed by atoms with van der Waals surface area (Å²) in [5.74, 6) is 0. The van der Waals surface area contributed by atoms with Gasteiger partial charge in [-0.05, 0) is 13.8 Å². The van der Waals surface area contributed by atoms with Gasteiger partial charge in [0.2, 0.25) is 0 Å². The molecule has 0 saturated heterocycles. The van der Waals surface area contributed by atoms with Crippen molar-refractivity contribution in [3.05, 3.63) is 10.8 Å². The van der Waals surface area contributed by atoms with E-state index in [4.69, 9.17) is 17.3 Å². The van der Waals surface area contributed by atoms with Crippen molar-refractivity contribution in [3.63, 3.8) is 0 Å². The standard InChI is InChI=1S/C7H9ClF3N3/c1-3(2)14-5(7(9,10)11)4(12)6(8)13-14/h3H,12H2,1-2H3. The van der Waals surface area contributed by atoms with Gasteiger partial charge in [0.25, 0.3) is 0 Å². The van der Waals surface area contributed by atoms with E-state index in [-0.39, 0.29) is 5.15 Å². The van der Waals surface area contributed by atoms with Gasteiger partial charge in [0.15, 0.2) is 10.8 Å². The van der Waals surface area contributed by atoms with Gasteiger partial charge in [-0.1, -0.05) is 11.6 Å². The Morgan fingerprint density at radius 1 is 1.43 bits per heavy atom. The van der Waals surface area contributed by atoms with Gasteiger partial charge in [-0.25, -0.2) is 0 Å². The van der Waals surface area contributed by atoms with Gasteiger partial charge in [-0.3, -0.25) is 4.68 Å². The van der Waals surface area contributed by atoms with Crippen LogP contribution in [0.5, 0.6) is 0 Å². The zero-order chi connectivity index (χ0) is 11.1. The van der Waals surface area contributed by atoms with Crippen molar-refractivity contribution in [2.45, 2.75) is 26.1 Å². The second kappa shape index (κ2) is 3.34. The van der Waals surface area contributed by atoms with Gasteiger partial charge in [0.05, 0.1) is 0 Å². The molecular formula is C7H9ClF3N3. The van der Waals surface area contributed by atoms with Crippen molar-refractivity contribution in [2.75, 3.05) is 5.73 Å². The van der Waals surface area contributed by atoms with Gasteiger partial charge >= 0.3 is 6.18 Å². The minimum Gasteiger partial charge on any atom is -0.394 e. The molecule has 0 radical (unpaired) electrons. The Morgan fingerprint density at radius 2 is 1.93 bits per heavy atom. The van der Waals surface area contributed by atoms with Gasteiger partial charge in [0.1, 0.15) is 5.69 Å². The molecule has 2 N–H and O–H groups in total. The first-order valence-electron chi connectivity index (χ1n) is 3.85. The van der Waals surface area contributed by atoms with E-state index in [2.05, 4.69) is 5.10 Å². The van der Waals surface area contributed by atoms with Gasteiger partial charge in [-0.15, -0.1) is 0 Å². The van der Waals surface area contributed by atoms with Crippen molar-refractivity contribution in [1.29, 1.82) is 0 Å². The summed E-state index contributed by atoms with van der Waals surface area (Å²) in [4.78, 5) is 0. The van der Waals surface area contributed by atoms with Crippen LogP contribution >= 0.6 is 11.6 Å². The van der Waals surface area contributed by atoms with Crippen LogP contribution in [0.3, 0.4) is 0 Å². The molecule has 0 spiro atoms. The highest BCUT2D eigenvalue weighted by atomic mass is 35.5. The van der Waals surface area contributed by atoms with Crippen LogP contribution in [0.1, 0.15) is 25.6 Å². The Morgan fingerprint density at radius 3 is 2.21 bits per heavy atom. The maximum Gasteiger partial charge on any atom is 0.435 e. The Hall–Kier alpha value is -0.910. The van der Waals surface area contributed by atoms with E-state index >= 15 is 0 Å². The Bertz CT molecular complexity index is 343. The molecule has 1 heterocycles. The van der Waals surface area contributed by atoms with Crippen molar-refractivity contribution in [2.24, 2.45) is 0 Å². The van der Waals surface area contributed by atoms with Crippen LogP contribution in [0, 0.1) is 0 Å². The molecule has 0 aliphatic heterocycles. The average Bonchev–Trinajstić information content (AvgIpc) is 2.27. The number of nitrogens with two attached hydrogens (primary N) is 1. The quantitative estimate of drug-likeness (QED) is 0.802. The number of alkyl halides is 3. The number of halogens is 4. The smallest absolute Gasteiger partial charge is 0.394 e. The number of aromatic nitrogens is 2. The van der Waals surface area contributed by atoms with Crippen LogP contribution in [-0.2, 0) is 6.18 Å². The average molecular weight is 228 g/mol. The van der Waals surface area contributed by atoms with Crippen LogP contribution in [0.25, 0.3) is 0 Å². The van der Waals surface area contributed by atoms with Crippen LogP contribution in [0.15, 0.2) is 0 Å². The van der Waals surface area contributed by atoms with Crippen LogP contribution in [0.4, 0.5) is 18.9 Å². The van der Waals surface area contributed by atoms with E-state index in [0.29, 0.717) is 0 Å². The Labute approximate surface area is 83.6 Å². The highest BCUT2D eigenvalue weighted by molar-refractivity contribution is 6.32. The molecule has 3 nitrogen and oxygen atoms in total. The summed E-state index contributed by atoms with van der Waals surface area (Å²) in [5, 5.41) is 3.20. The second-order valence-electron chi connectivity index (χ2n) is 3.09. The molecule has 0 atom stereocenters. The lowest BCUT2D eigenvalue weighted by atomic mass is 10.3. The first-order valence-corrected chi connectivity index (χ1v) is 4.23. The first-order chi connectivity index (χ1) is 6.25. The summed E-state index contributed by atoms with van der Waals surface area (Å²) >= 11 is 5.43. The molecule has 14 heavy (non-hydrogen) atoms. The molecule has 1 aromatic heterocycles. The highest BCUT2D eigenvalue weighted by Crippen LogP contribution is 2.38. The Kier molecular flexibility index (Phi) is 2.67. The summed E-state index contributed by atoms with van der Waals surface area (Å²) in [6.45, 7) is 3.13. The van der Waals surface area contributed by atoms with Crippen LogP contribution in [-0.4, -0.2) is 9.78 Å². The monoisotopic (exact) mass is 227 g/mol. The molecule has 1 rings (SSSR count). The SMILES string of the molecule is CC(C)n1nc(Cl)c(N)c1C(F)(F)F. The minimum atomic E-state index is -4.53. The number of nitrogen functional groups attached to an aromatic ring is 1. The lowest BCUT2D eigenvalue weighted by Crippen LogP contribution is -2.17. The lowest BCUT2D eigenvalue weighted by molar-refractivity contribution is -0.144. The van der Waals surface area contributed by atoms with Gasteiger partial charge in [-0.2, -0.15) is 18.3 Å². The normalized spacial score (nSPS) is 12.5. The van der Waals surface area contributed by atoms with Crippen LogP contribution < -0.4 is 5.73 Å². The van der Waals surface area contributed by atoms with E-state index in [9.17, 15) is 13.2 Å². The summed E-state index contributed by atoms with van der Waals surface area (Å²) in [6, 6.07) is -0.443. The third-order valence-corrected chi connectivity index (χ3v) is 1.94. The molecule has 0 aliphatic rings. The molecule has 0 aliphatic carbocycles. The molecule has 0 amide bonds.